The third-order valence-corrected chi connectivity index (χ3v) is 6.44. The molecule has 0 atom stereocenters. The molecule has 5 heterocycles. The van der Waals surface area contributed by atoms with Gasteiger partial charge < -0.3 is 10.3 Å². The molecule has 182 valence electrons. The van der Waals surface area contributed by atoms with Crippen molar-refractivity contribution in [2.45, 2.75) is 19.8 Å². The van der Waals surface area contributed by atoms with Crippen LogP contribution in [0, 0.1) is 12.8 Å². The quantitative estimate of drug-likeness (QED) is 0.230. The molecule has 0 amide bonds. The number of allylic oxidation sites excluding steroid dienone is 3. The summed E-state index contributed by atoms with van der Waals surface area (Å²) >= 11 is 0. The summed E-state index contributed by atoms with van der Waals surface area (Å²) in [7, 11) is 0. The monoisotopic (exact) mass is 486 g/mol. The van der Waals surface area contributed by atoms with E-state index in [0.717, 1.165) is 56.2 Å². The zero-order valence-electron chi connectivity index (χ0n) is 20.5. The number of fused-ring (bicyclic) bond motifs is 1. The first-order chi connectivity index (χ1) is 18.1. The van der Waals surface area contributed by atoms with Crippen LogP contribution < -0.4 is 5.32 Å². The highest BCUT2D eigenvalue weighted by atomic mass is 15.2. The first-order valence-electron chi connectivity index (χ1n) is 12.2. The Kier molecular flexibility index (Phi) is 5.69. The van der Waals surface area contributed by atoms with Gasteiger partial charge >= 0.3 is 0 Å². The highest BCUT2D eigenvalue weighted by molar-refractivity contribution is 5.90. The Labute approximate surface area is 214 Å². The lowest BCUT2D eigenvalue weighted by molar-refractivity contribution is 1.02. The van der Waals surface area contributed by atoms with Crippen LogP contribution in [0.5, 0.6) is 0 Å². The number of H-pyrrole nitrogens is 2. The molecule has 3 N–H and O–H groups in total. The third-order valence-electron chi connectivity index (χ3n) is 6.44. The average Bonchev–Trinajstić information content (AvgIpc) is 3.59. The molecule has 1 aliphatic carbocycles. The van der Waals surface area contributed by atoms with Gasteiger partial charge in [-0.3, -0.25) is 15.1 Å². The lowest BCUT2D eigenvalue weighted by atomic mass is 10.0. The zero-order valence-corrected chi connectivity index (χ0v) is 20.5. The number of rotatable bonds is 8. The van der Waals surface area contributed by atoms with Gasteiger partial charge in [-0.05, 0) is 49.9 Å². The Balaban J connectivity index is 1.37. The van der Waals surface area contributed by atoms with Crippen molar-refractivity contribution in [3.05, 3.63) is 103 Å². The van der Waals surface area contributed by atoms with Crippen LogP contribution in [0.1, 0.15) is 29.8 Å². The predicted molar refractivity (Wildman–Crippen MR) is 146 cm³/mol. The second kappa shape index (κ2) is 9.31. The summed E-state index contributed by atoms with van der Waals surface area (Å²) in [6.07, 6.45) is 13.3. The molecule has 0 radical (unpaired) electrons. The molecule has 1 aliphatic rings. The van der Waals surface area contributed by atoms with Crippen LogP contribution >= 0.6 is 0 Å². The third kappa shape index (κ3) is 4.45. The molecule has 37 heavy (non-hydrogen) atoms. The predicted octanol–water partition coefficient (Wildman–Crippen LogP) is 6.07. The van der Waals surface area contributed by atoms with Crippen LogP contribution in [0.25, 0.3) is 39.4 Å². The smallest absolute Gasteiger partial charge is 0.161 e. The van der Waals surface area contributed by atoms with Crippen LogP contribution in [0.3, 0.4) is 0 Å². The number of aromatic nitrogens is 7. The number of pyridine rings is 3. The number of aromatic amines is 2. The van der Waals surface area contributed by atoms with Crippen molar-refractivity contribution in [2.24, 2.45) is 5.92 Å². The fourth-order valence-electron chi connectivity index (χ4n) is 4.38. The van der Waals surface area contributed by atoms with Crippen molar-refractivity contribution in [2.75, 3.05) is 5.32 Å². The fraction of sp³-hybridized carbons (Fsp3) is 0.138. The number of nitrogens with one attached hydrogen (secondary N) is 3. The van der Waals surface area contributed by atoms with E-state index in [0.29, 0.717) is 17.4 Å². The van der Waals surface area contributed by atoms with Gasteiger partial charge in [0.2, 0.25) is 0 Å². The molecule has 0 spiro atoms. The molecule has 5 aromatic rings. The SMILES string of the molecule is C=C/C=C(/c1cccnc1)c1nc(-c2n[nH]c3ccc(-c4cncc(NC(=C)C5CC5)c4)nc23)[nH]c1C. The van der Waals surface area contributed by atoms with Crippen molar-refractivity contribution in [1.29, 1.82) is 0 Å². The van der Waals surface area contributed by atoms with Gasteiger partial charge in [-0.2, -0.15) is 5.10 Å². The summed E-state index contributed by atoms with van der Waals surface area (Å²) in [5, 5.41) is 11.0. The summed E-state index contributed by atoms with van der Waals surface area (Å²) in [6, 6.07) is 9.90. The van der Waals surface area contributed by atoms with Crippen molar-refractivity contribution < 1.29 is 0 Å². The van der Waals surface area contributed by atoms with Gasteiger partial charge in [0.25, 0.3) is 0 Å². The van der Waals surface area contributed by atoms with E-state index in [1.165, 1.54) is 12.8 Å². The Morgan fingerprint density at radius 2 is 2.00 bits per heavy atom. The van der Waals surface area contributed by atoms with E-state index >= 15 is 0 Å². The molecule has 6 rings (SSSR count). The van der Waals surface area contributed by atoms with Crippen molar-refractivity contribution in [3.63, 3.8) is 0 Å². The van der Waals surface area contributed by atoms with Crippen molar-refractivity contribution in [1.82, 2.24) is 35.1 Å². The summed E-state index contributed by atoms with van der Waals surface area (Å²) in [4.78, 5) is 21.9. The lowest BCUT2D eigenvalue weighted by Gasteiger charge is -2.09. The molecule has 1 fully saturated rings. The van der Waals surface area contributed by atoms with E-state index in [9.17, 15) is 0 Å². The molecular formula is C29H26N8. The van der Waals surface area contributed by atoms with Gasteiger partial charge in [0, 0.05) is 46.7 Å². The van der Waals surface area contributed by atoms with Crippen LogP contribution in [-0.4, -0.2) is 35.1 Å². The largest absolute Gasteiger partial charge is 0.358 e. The van der Waals surface area contributed by atoms with E-state index in [1.807, 2.05) is 61.9 Å². The number of nitrogens with zero attached hydrogens (tertiary/aromatic N) is 5. The van der Waals surface area contributed by atoms with E-state index in [-0.39, 0.29) is 0 Å². The molecular weight excluding hydrogens is 460 g/mol. The first-order valence-corrected chi connectivity index (χ1v) is 12.2. The Morgan fingerprint density at radius 1 is 1.11 bits per heavy atom. The highest BCUT2D eigenvalue weighted by Crippen LogP contribution is 2.36. The molecule has 8 nitrogen and oxygen atoms in total. The Hall–Kier alpha value is -4.85. The fourth-order valence-corrected chi connectivity index (χ4v) is 4.38. The van der Waals surface area contributed by atoms with Gasteiger partial charge in [-0.15, -0.1) is 0 Å². The van der Waals surface area contributed by atoms with E-state index < -0.39 is 0 Å². The second-order valence-electron chi connectivity index (χ2n) is 9.17. The summed E-state index contributed by atoms with van der Waals surface area (Å²) in [5.74, 6) is 1.20. The zero-order chi connectivity index (χ0) is 25.4. The van der Waals surface area contributed by atoms with Crippen LogP contribution in [0.4, 0.5) is 5.69 Å². The highest BCUT2D eigenvalue weighted by Gasteiger charge is 2.24. The molecule has 5 aromatic heterocycles. The molecule has 1 saturated carbocycles. The second-order valence-corrected chi connectivity index (χ2v) is 9.17. The number of hydrogen-bond donors (Lipinski definition) is 3. The van der Waals surface area contributed by atoms with E-state index in [4.69, 9.17) is 9.97 Å². The normalized spacial score (nSPS) is 13.6. The van der Waals surface area contributed by atoms with Gasteiger partial charge in [0.15, 0.2) is 11.5 Å². The van der Waals surface area contributed by atoms with Gasteiger partial charge in [-0.1, -0.05) is 31.4 Å². The average molecular weight is 487 g/mol. The maximum Gasteiger partial charge on any atom is 0.161 e. The molecule has 0 unspecified atom stereocenters. The number of hydrogen-bond acceptors (Lipinski definition) is 6. The maximum atomic E-state index is 4.94. The minimum atomic E-state index is 0.563. The number of imidazole rings is 1. The maximum absolute atomic E-state index is 4.94. The van der Waals surface area contributed by atoms with Crippen LogP contribution in [-0.2, 0) is 0 Å². The lowest BCUT2D eigenvalue weighted by Crippen LogP contribution is -2.00. The number of anilines is 1. The van der Waals surface area contributed by atoms with Gasteiger partial charge in [-0.25, -0.2) is 9.97 Å². The number of aryl methyl sites for hydroxylation is 1. The minimum Gasteiger partial charge on any atom is -0.358 e. The van der Waals surface area contributed by atoms with Crippen molar-refractivity contribution in [3.8, 4) is 22.8 Å². The minimum absolute atomic E-state index is 0.563. The van der Waals surface area contributed by atoms with Gasteiger partial charge in [0.05, 0.1) is 28.8 Å². The van der Waals surface area contributed by atoms with Gasteiger partial charge in [0.1, 0.15) is 5.52 Å². The van der Waals surface area contributed by atoms with Crippen LogP contribution in [0.2, 0.25) is 0 Å². The van der Waals surface area contributed by atoms with Crippen molar-refractivity contribution >= 4 is 22.3 Å². The molecule has 8 heteroatoms. The van der Waals surface area contributed by atoms with E-state index in [2.05, 4.69) is 43.6 Å². The standard InChI is InChI=1S/C29H26N8/c1-4-6-23(20-7-5-12-30-14-20)26-18(3)33-29(35-26)28-27-25(36-37-28)11-10-24(34-27)21-13-22(16-31-15-21)32-17(2)19-8-9-19/h4-7,10-16,19,32H,1-2,8-9H2,3H3,(H,33,35)(H,36,37)/b23-6-. The summed E-state index contributed by atoms with van der Waals surface area (Å²) < 4.78 is 0. The first kappa shape index (κ1) is 22.6. The van der Waals surface area contributed by atoms with E-state index in [1.54, 1.807) is 12.3 Å². The molecule has 0 bridgehead atoms. The Bertz CT molecular complexity index is 1650. The topological polar surface area (TPSA) is 108 Å². The summed E-state index contributed by atoms with van der Waals surface area (Å²) in [6.45, 7) is 10.0. The molecule has 0 saturated heterocycles. The van der Waals surface area contributed by atoms with Crippen LogP contribution in [0.15, 0.2) is 86.1 Å². The summed E-state index contributed by atoms with van der Waals surface area (Å²) in [5.41, 5.74) is 9.49. The molecule has 0 aromatic carbocycles. The molecule has 0 aliphatic heterocycles. The Morgan fingerprint density at radius 3 is 2.78 bits per heavy atom.